The first-order valence-corrected chi connectivity index (χ1v) is 6.82. The van der Waals surface area contributed by atoms with Gasteiger partial charge in [0.2, 0.25) is 0 Å². The molecular formula is C15H22ClO. The average molecular weight is 254 g/mol. The molecule has 0 atom stereocenters. The minimum Gasteiger partial charge on any atom is -0.381 e. The molecule has 0 aliphatic rings. The third-order valence-corrected chi connectivity index (χ3v) is 2.99. The highest BCUT2D eigenvalue weighted by Crippen LogP contribution is 2.10. The van der Waals surface area contributed by atoms with Crippen molar-refractivity contribution in [3.8, 4) is 0 Å². The maximum Gasteiger partial charge on any atom is 0.0506 e. The molecule has 0 amide bonds. The average Bonchev–Trinajstić information content (AvgIpc) is 2.35. The van der Waals surface area contributed by atoms with Crippen LogP contribution in [0.15, 0.2) is 24.3 Å². The van der Waals surface area contributed by atoms with Crippen molar-refractivity contribution >= 4 is 11.6 Å². The SMILES string of the molecule is [CH2]CCCCCCOCCc1ccc(Cl)cc1. The summed E-state index contributed by atoms with van der Waals surface area (Å²) in [6.07, 6.45) is 6.97. The minimum absolute atomic E-state index is 0.792. The highest BCUT2D eigenvalue weighted by molar-refractivity contribution is 6.30. The van der Waals surface area contributed by atoms with Gasteiger partial charge in [0.15, 0.2) is 0 Å². The predicted molar refractivity (Wildman–Crippen MR) is 74.4 cm³/mol. The Morgan fingerprint density at radius 2 is 1.65 bits per heavy atom. The predicted octanol–water partition coefficient (Wildman–Crippen LogP) is 4.68. The summed E-state index contributed by atoms with van der Waals surface area (Å²) in [5, 5.41) is 0.792. The van der Waals surface area contributed by atoms with Gasteiger partial charge in [-0.2, -0.15) is 0 Å². The molecule has 0 heterocycles. The van der Waals surface area contributed by atoms with E-state index in [0.717, 1.165) is 31.1 Å². The van der Waals surface area contributed by atoms with E-state index in [4.69, 9.17) is 16.3 Å². The topological polar surface area (TPSA) is 9.23 Å². The monoisotopic (exact) mass is 253 g/mol. The van der Waals surface area contributed by atoms with E-state index in [2.05, 4.69) is 19.1 Å². The van der Waals surface area contributed by atoms with Crippen LogP contribution >= 0.6 is 11.6 Å². The van der Waals surface area contributed by atoms with Crippen molar-refractivity contribution in [2.24, 2.45) is 0 Å². The number of benzene rings is 1. The quantitative estimate of drug-likeness (QED) is 0.581. The largest absolute Gasteiger partial charge is 0.381 e. The smallest absolute Gasteiger partial charge is 0.0506 e. The van der Waals surface area contributed by atoms with E-state index in [1.54, 1.807) is 0 Å². The van der Waals surface area contributed by atoms with E-state index in [-0.39, 0.29) is 0 Å². The van der Waals surface area contributed by atoms with Gasteiger partial charge in [0.05, 0.1) is 6.61 Å². The maximum absolute atomic E-state index is 5.82. The van der Waals surface area contributed by atoms with Crippen LogP contribution in [-0.2, 0) is 11.2 Å². The standard InChI is InChI=1S/C15H22ClO/c1-2-3-4-5-6-12-17-13-11-14-7-9-15(16)10-8-14/h7-10H,1-6,11-13H2. The van der Waals surface area contributed by atoms with Gasteiger partial charge in [0, 0.05) is 11.6 Å². The van der Waals surface area contributed by atoms with Crippen LogP contribution in [0.2, 0.25) is 5.02 Å². The molecule has 95 valence electrons. The molecule has 0 saturated heterocycles. The highest BCUT2D eigenvalue weighted by atomic mass is 35.5. The normalized spacial score (nSPS) is 10.7. The Balaban J connectivity index is 1.95. The molecule has 1 aromatic carbocycles. The van der Waals surface area contributed by atoms with E-state index in [0.29, 0.717) is 0 Å². The van der Waals surface area contributed by atoms with Crippen LogP contribution in [0, 0.1) is 6.92 Å². The molecule has 0 aliphatic heterocycles. The van der Waals surface area contributed by atoms with Crippen LogP contribution in [-0.4, -0.2) is 13.2 Å². The summed E-state index contributed by atoms with van der Waals surface area (Å²) in [6.45, 7) is 5.51. The van der Waals surface area contributed by atoms with Gasteiger partial charge in [-0.15, -0.1) is 0 Å². The highest BCUT2D eigenvalue weighted by Gasteiger charge is 1.94. The van der Waals surface area contributed by atoms with E-state index >= 15 is 0 Å². The van der Waals surface area contributed by atoms with Crippen molar-refractivity contribution in [1.29, 1.82) is 0 Å². The van der Waals surface area contributed by atoms with Gasteiger partial charge in [-0.25, -0.2) is 0 Å². The molecule has 0 saturated carbocycles. The number of halogens is 1. The van der Waals surface area contributed by atoms with Crippen LogP contribution in [0.3, 0.4) is 0 Å². The Hall–Kier alpha value is -0.530. The lowest BCUT2D eigenvalue weighted by atomic mass is 10.1. The van der Waals surface area contributed by atoms with Gasteiger partial charge in [-0.3, -0.25) is 0 Å². The number of ether oxygens (including phenoxy) is 1. The first kappa shape index (κ1) is 14.5. The lowest BCUT2D eigenvalue weighted by Gasteiger charge is -2.04. The molecule has 0 aliphatic carbocycles. The Labute approximate surface area is 110 Å². The molecule has 0 fully saturated rings. The molecule has 1 aromatic rings. The third kappa shape index (κ3) is 7.40. The Morgan fingerprint density at radius 1 is 0.941 bits per heavy atom. The number of unbranched alkanes of at least 4 members (excludes halogenated alkanes) is 4. The zero-order valence-electron chi connectivity index (χ0n) is 10.5. The molecule has 0 N–H and O–H groups in total. The Morgan fingerprint density at radius 3 is 2.35 bits per heavy atom. The lowest BCUT2D eigenvalue weighted by molar-refractivity contribution is 0.133. The van der Waals surface area contributed by atoms with E-state index in [9.17, 15) is 0 Å². The fourth-order valence-electron chi connectivity index (χ4n) is 1.68. The second kappa shape index (κ2) is 9.49. The fourth-order valence-corrected chi connectivity index (χ4v) is 1.80. The first-order chi connectivity index (χ1) is 8.33. The van der Waals surface area contributed by atoms with E-state index in [1.807, 2.05) is 12.1 Å². The van der Waals surface area contributed by atoms with Crippen LogP contribution in [0.25, 0.3) is 0 Å². The summed E-state index contributed by atoms with van der Waals surface area (Å²) >= 11 is 5.82. The first-order valence-electron chi connectivity index (χ1n) is 6.44. The molecule has 0 aromatic heterocycles. The van der Waals surface area contributed by atoms with Crippen LogP contribution in [0.4, 0.5) is 0 Å². The lowest BCUT2D eigenvalue weighted by Crippen LogP contribution is -2.00. The molecule has 0 unspecified atom stereocenters. The van der Waals surface area contributed by atoms with Crippen molar-refractivity contribution < 1.29 is 4.74 Å². The molecule has 1 nitrogen and oxygen atoms in total. The molecule has 17 heavy (non-hydrogen) atoms. The van der Waals surface area contributed by atoms with Crippen molar-refractivity contribution in [1.82, 2.24) is 0 Å². The third-order valence-electron chi connectivity index (χ3n) is 2.74. The molecule has 1 radical (unpaired) electrons. The summed E-state index contributed by atoms with van der Waals surface area (Å²) in [5.41, 5.74) is 1.28. The fraction of sp³-hybridized carbons (Fsp3) is 0.533. The van der Waals surface area contributed by atoms with Crippen molar-refractivity contribution in [2.45, 2.75) is 38.5 Å². The van der Waals surface area contributed by atoms with Crippen LogP contribution in [0.5, 0.6) is 0 Å². The summed E-state index contributed by atoms with van der Waals surface area (Å²) in [7, 11) is 0. The molecule has 0 spiro atoms. The molecule has 1 rings (SSSR count). The van der Waals surface area contributed by atoms with Gasteiger partial charge in [-0.05, 0) is 30.5 Å². The van der Waals surface area contributed by atoms with Crippen molar-refractivity contribution in [2.75, 3.05) is 13.2 Å². The second-order valence-corrected chi connectivity index (χ2v) is 4.69. The van der Waals surface area contributed by atoms with Crippen molar-refractivity contribution in [3.63, 3.8) is 0 Å². The minimum atomic E-state index is 0.792. The zero-order chi connectivity index (χ0) is 12.3. The van der Waals surface area contributed by atoms with E-state index in [1.165, 1.54) is 31.2 Å². The zero-order valence-corrected chi connectivity index (χ0v) is 11.2. The molecule has 2 heteroatoms. The summed E-state index contributed by atoms with van der Waals surface area (Å²) < 4.78 is 5.60. The number of rotatable bonds is 9. The molecular weight excluding hydrogens is 232 g/mol. The number of hydrogen-bond acceptors (Lipinski definition) is 1. The summed E-state index contributed by atoms with van der Waals surface area (Å²) in [5.74, 6) is 0. The van der Waals surface area contributed by atoms with Crippen molar-refractivity contribution in [3.05, 3.63) is 41.8 Å². The van der Waals surface area contributed by atoms with Gasteiger partial charge in [0.25, 0.3) is 0 Å². The van der Waals surface area contributed by atoms with Crippen LogP contribution < -0.4 is 0 Å². The Kier molecular flexibility index (Phi) is 8.12. The molecule has 0 bridgehead atoms. The van der Waals surface area contributed by atoms with Gasteiger partial charge < -0.3 is 4.74 Å². The summed E-state index contributed by atoms with van der Waals surface area (Å²) in [6, 6.07) is 7.96. The number of hydrogen-bond donors (Lipinski definition) is 0. The second-order valence-electron chi connectivity index (χ2n) is 4.26. The van der Waals surface area contributed by atoms with Gasteiger partial charge in [-0.1, -0.05) is 56.3 Å². The van der Waals surface area contributed by atoms with Gasteiger partial charge in [0.1, 0.15) is 0 Å². The Bertz CT molecular complexity index is 281. The maximum atomic E-state index is 5.82. The van der Waals surface area contributed by atoms with E-state index < -0.39 is 0 Å². The van der Waals surface area contributed by atoms with Gasteiger partial charge >= 0.3 is 0 Å². The summed E-state index contributed by atoms with van der Waals surface area (Å²) in [4.78, 5) is 0. The van der Waals surface area contributed by atoms with Crippen LogP contribution in [0.1, 0.15) is 37.7 Å².